The van der Waals surface area contributed by atoms with Gasteiger partial charge in [0.25, 0.3) is 0 Å². The summed E-state index contributed by atoms with van der Waals surface area (Å²) in [6, 6.07) is 7.90. The highest BCUT2D eigenvalue weighted by Gasteiger charge is 2.02. The highest BCUT2D eigenvalue weighted by atomic mass is 16.5. The molecule has 0 atom stereocenters. The number of pyridine rings is 2. The maximum Gasteiger partial charge on any atom is 0.141 e. The molecule has 0 saturated carbocycles. The van der Waals surface area contributed by atoms with Gasteiger partial charge in [-0.15, -0.1) is 0 Å². The van der Waals surface area contributed by atoms with Crippen molar-refractivity contribution in [2.45, 2.75) is 33.9 Å². The summed E-state index contributed by atoms with van der Waals surface area (Å²) in [4.78, 5) is 8.64. The van der Waals surface area contributed by atoms with Crippen LogP contribution >= 0.6 is 0 Å². The van der Waals surface area contributed by atoms with Crippen molar-refractivity contribution in [3.05, 3.63) is 53.6 Å². The van der Waals surface area contributed by atoms with E-state index in [1.54, 1.807) is 6.20 Å². The summed E-state index contributed by atoms with van der Waals surface area (Å²) in [5.41, 5.74) is 3.01. The Labute approximate surface area is 126 Å². The molecule has 0 aliphatic carbocycles. The van der Waals surface area contributed by atoms with Gasteiger partial charge in [-0.3, -0.25) is 9.97 Å². The second-order valence-electron chi connectivity index (χ2n) is 5.56. The molecule has 21 heavy (non-hydrogen) atoms. The van der Waals surface area contributed by atoms with E-state index in [-0.39, 0.29) is 0 Å². The zero-order valence-electron chi connectivity index (χ0n) is 13.0. The summed E-state index contributed by atoms with van der Waals surface area (Å²) < 4.78 is 5.73. The molecule has 4 heteroatoms. The molecule has 0 aliphatic rings. The van der Waals surface area contributed by atoms with E-state index in [0.29, 0.717) is 12.5 Å². The highest BCUT2D eigenvalue weighted by molar-refractivity contribution is 5.25. The minimum atomic E-state index is 0.465. The van der Waals surface area contributed by atoms with Gasteiger partial charge in [-0.2, -0.15) is 0 Å². The summed E-state index contributed by atoms with van der Waals surface area (Å²) >= 11 is 0. The lowest BCUT2D eigenvalue weighted by Gasteiger charge is -2.09. The molecule has 4 nitrogen and oxygen atoms in total. The molecular formula is C17H23N3O. The molecule has 0 bridgehead atoms. The number of nitrogens with zero attached hydrogens (tertiary/aromatic N) is 2. The maximum absolute atomic E-state index is 5.73. The molecule has 0 saturated heterocycles. The Kier molecular flexibility index (Phi) is 5.69. The Balaban J connectivity index is 1.84. The smallest absolute Gasteiger partial charge is 0.141 e. The van der Waals surface area contributed by atoms with Crippen molar-refractivity contribution in [1.29, 1.82) is 0 Å². The number of aromatic nitrogens is 2. The fraction of sp³-hybridized carbons (Fsp3) is 0.412. The van der Waals surface area contributed by atoms with Crippen molar-refractivity contribution in [3.63, 3.8) is 0 Å². The van der Waals surface area contributed by atoms with E-state index in [9.17, 15) is 0 Å². The zero-order valence-corrected chi connectivity index (χ0v) is 13.0. The molecule has 2 aromatic rings. The lowest BCUT2D eigenvalue weighted by molar-refractivity contribution is 0.297. The van der Waals surface area contributed by atoms with Gasteiger partial charge in [-0.1, -0.05) is 19.9 Å². The molecule has 112 valence electrons. The van der Waals surface area contributed by atoms with Gasteiger partial charge in [0.15, 0.2) is 0 Å². The topological polar surface area (TPSA) is 47.0 Å². The second-order valence-corrected chi connectivity index (χ2v) is 5.56. The van der Waals surface area contributed by atoms with Crippen molar-refractivity contribution in [2.24, 2.45) is 5.92 Å². The van der Waals surface area contributed by atoms with Gasteiger partial charge in [-0.25, -0.2) is 0 Å². The van der Waals surface area contributed by atoms with Crippen LogP contribution in [0.15, 0.2) is 36.7 Å². The number of aryl methyl sites for hydroxylation is 1. The summed E-state index contributed by atoms with van der Waals surface area (Å²) in [5.74, 6) is 1.47. The third-order valence-corrected chi connectivity index (χ3v) is 3.10. The van der Waals surface area contributed by atoms with Crippen LogP contribution in [0.3, 0.4) is 0 Å². The quantitative estimate of drug-likeness (QED) is 0.849. The molecule has 2 aromatic heterocycles. The van der Waals surface area contributed by atoms with Crippen LogP contribution in [0.4, 0.5) is 0 Å². The maximum atomic E-state index is 5.73. The van der Waals surface area contributed by atoms with Crippen LogP contribution in [-0.2, 0) is 13.2 Å². The average Bonchev–Trinajstić information content (AvgIpc) is 2.47. The average molecular weight is 285 g/mol. The predicted octanol–water partition coefficient (Wildman–Crippen LogP) is 3.11. The third kappa shape index (κ3) is 5.16. The SMILES string of the molecule is Cc1ncccc1OCc1ccc(CNCC(C)C)cn1. The van der Waals surface area contributed by atoms with E-state index >= 15 is 0 Å². The molecule has 1 N–H and O–H groups in total. The predicted molar refractivity (Wildman–Crippen MR) is 84.1 cm³/mol. The fourth-order valence-corrected chi connectivity index (χ4v) is 1.92. The monoisotopic (exact) mass is 285 g/mol. The van der Waals surface area contributed by atoms with E-state index in [1.165, 1.54) is 5.56 Å². The van der Waals surface area contributed by atoms with Crippen molar-refractivity contribution in [2.75, 3.05) is 6.54 Å². The first-order valence-corrected chi connectivity index (χ1v) is 7.34. The summed E-state index contributed by atoms with van der Waals surface area (Å²) in [6.45, 7) is 8.68. The number of hydrogen-bond donors (Lipinski definition) is 1. The Morgan fingerprint density at radius 2 is 2.05 bits per heavy atom. The van der Waals surface area contributed by atoms with E-state index in [2.05, 4.69) is 35.2 Å². The molecule has 2 heterocycles. The summed E-state index contributed by atoms with van der Waals surface area (Å²) in [6.07, 6.45) is 3.67. The Morgan fingerprint density at radius 1 is 1.19 bits per heavy atom. The molecule has 0 fully saturated rings. The molecule has 0 aromatic carbocycles. The third-order valence-electron chi connectivity index (χ3n) is 3.10. The van der Waals surface area contributed by atoms with Crippen LogP contribution in [0.1, 0.15) is 30.8 Å². The summed E-state index contributed by atoms with van der Waals surface area (Å²) in [7, 11) is 0. The Hall–Kier alpha value is -1.94. The molecule has 0 spiro atoms. The number of nitrogens with one attached hydrogen (secondary N) is 1. The molecule has 0 amide bonds. The minimum Gasteiger partial charge on any atom is -0.485 e. The number of rotatable bonds is 7. The first-order valence-electron chi connectivity index (χ1n) is 7.34. The van der Waals surface area contributed by atoms with Gasteiger partial charge < -0.3 is 10.1 Å². The van der Waals surface area contributed by atoms with Crippen molar-refractivity contribution < 1.29 is 4.74 Å². The van der Waals surface area contributed by atoms with Crippen LogP contribution in [-0.4, -0.2) is 16.5 Å². The molecule has 2 rings (SSSR count). The van der Waals surface area contributed by atoms with E-state index in [0.717, 1.165) is 30.2 Å². The van der Waals surface area contributed by atoms with Crippen LogP contribution in [0, 0.1) is 12.8 Å². The van der Waals surface area contributed by atoms with Crippen LogP contribution in [0.5, 0.6) is 5.75 Å². The van der Waals surface area contributed by atoms with E-state index in [1.807, 2.05) is 31.3 Å². The normalized spacial score (nSPS) is 10.9. The first-order chi connectivity index (χ1) is 10.1. The zero-order chi connectivity index (χ0) is 15.1. The van der Waals surface area contributed by atoms with Crippen molar-refractivity contribution >= 4 is 0 Å². The van der Waals surface area contributed by atoms with E-state index in [4.69, 9.17) is 4.74 Å². The fourth-order valence-electron chi connectivity index (χ4n) is 1.92. The van der Waals surface area contributed by atoms with Crippen LogP contribution in [0.25, 0.3) is 0 Å². The van der Waals surface area contributed by atoms with E-state index < -0.39 is 0 Å². The van der Waals surface area contributed by atoms with Crippen molar-refractivity contribution in [1.82, 2.24) is 15.3 Å². The second kappa shape index (κ2) is 7.74. The highest BCUT2D eigenvalue weighted by Crippen LogP contribution is 2.15. The largest absolute Gasteiger partial charge is 0.485 e. The van der Waals surface area contributed by atoms with Gasteiger partial charge in [0.05, 0.1) is 11.4 Å². The van der Waals surface area contributed by atoms with Crippen LogP contribution in [0.2, 0.25) is 0 Å². The van der Waals surface area contributed by atoms with Gasteiger partial charge in [-0.05, 0) is 43.1 Å². The summed E-state index contributed by atoms with van der Waals surface area (Å²) in [5, 5.41) is 3.41. The lowest BCUT2D eigenvalue weighted by atomic mass is 10.2. The van der Waals surface area contributed by atoms with Gasteiger partial charge >= 0.3 is 0 Å². The standard InChI is InChI=1S/C17H23N3O/c1-13(2)9-18-10-15-6-7-16(20-11-15)12-21-17-5-4-8-19-14(17)3/h4-8,11,13,18H,9-10,12H2,1-3H3. The van der Waals surface area contributed by atoms with Gasteiger partial charge in [0.2, 0.25) is 0 Å². The van der Waals surface area contributed by atoms with Gasteiger partial charge in [0.1, 0.15) is 12.4 Å². The molecule has 0 unspecified atom stereocenters. The van der Waals surface area contributed by atoms with Gasteiger partial charge in [0, 0.05) is 18.9 Å². The Bertz CT molecular complexity index is 552. The first kappa shape index (κ1) is 15.4. The minimum absolute atomic E-state index is 0.465. The molecule has 0 aliphatic heterocycles. The number of ether oxygens (including phenoxy) is 1. The lowest BCUT2D eigenvalue weighted by Crippen LogP contribution is -2.19. The van der Waals surface area contributed by atoms with Crippen LogP contribution < -0.4 is 10.1 Å². The number of hydrogen-bond acceptors (Lipinski definition) is 4. The molecule has 0 radical (unpaired) electrons. The molecular weight excluding hydrogens is 262 g/mol. The Morgan fingerprint density at radius 3 is 2.71 bits per heavy atom. The van der Waals surface area contributed by atoms with Crippen molar-refractivity contribution in [3.8, 4) is 5.75 Å².